The molecule has 0 saturated carbocycles. The summed E-state index contributed by atoms with van der Waals surface area (Å²) in [5.41, 5.74) is 0.986. The van der Waals surface area contributed by atoms with Crippen molar-refractivity contribution in [1.82, 2.24) is 20.1 Å². The molecule has 0 bridgehead atoms. The number of hydrogen-bond acceptors (Lipinski definition) is 5. The Morgan fingerprint density at radius 2 is 2.09 bits per heavy atom. The minimum atomic E-state index is 0.204. The number of hydrogen-bond donors (Lipinski definition) is 1. The first-order chi connectivity index (χ1) is 11.2. The molecule has 6 nitrogen and oxygen atoms in total. The average Bonchev–Trinajstić information content (AvgIpc) is 3.10. The van der Waals surface area contributed by atoms with Crippen LogP contribution in [0.3, 0.4) is 0 Å². The number of aromatic nitrogens is 3. The van der Waals surface area contributed by atoms with Crippen molar-refractivity contribution in [3.63, 3.8) is 0 Å². The SMILES string of the molecule is CNCc1nnc(SC[C@H]2CC(=O)N(c3ccccc3)C2)n1C. The van der Waals surface area contributed by atoms with E-state index in [1.807, 2.05) is 53.9 Å². The van der Waals surface area contributed by atoms with Crippen LogP contribution in [-0.4, -0.2) is 40.0 Å². The summed E-state index contributed by atoms with van der Waals surface area (Å²) in [5.74, 6) is 2.34. The lowest BCUT2D eigenvalue weighted by Crippen LogP contribution is -2.24. The van der Waals surface area contributed by atoms with E-state index in [9.17, 15) is 4.79 Å². The zero-order valence-electron chi connectivity index (χ0n) is 13.4. The van der Waals surface area contributed by atoms with E-state index in [2.05, 4.69) is 15.5 Å². The Morgan fingerprint density at radius 1 is 1.30 bits per heavy atom. The summed E-state index contributed by atoms with van der Waals surface area (Å²) in [5, 5.41) is 12.4. The number of benzene rings is 1. The third-order valence-corrected chi connectivity index (χ3v) is 5.23. The number of rotatable bonds is 6. The number of carbonyl (C=O) groups excluding carboxylic acids is 1. The first kappa shape index (κ1) is 16.0. The summed E-state index contributed by atoms with van der Waals surface area (Å²) < 4.78 is 2.01. The van der Waals surface area contributed by atoms with Crippen LogP contribution in [0.25, 0.3) is 0 Å². The van der Waals surface area contributed by atoms with Crippen molar-refractivity contribution in [2.24, 2.45) is 13.0 Å². The predicted octanol–water partition coefficient (Wildman–Crippen LogP) is 1.68. The maximum Gasteiger partial charge on any atom is 0.227 e. The Hall–Kier alpha value is -1.86. The van der Waals surface area contributed by atoms with Crippen LogP contribution in [0.1, 0.15) is 12.2 Å². The first-order valence-electron chi connectivity index (χ1n) is 7.70. The van der Waals surface area contributed by atoms with Crippen LogP contribution in [0.5, 0.6) is 0 Å². The van der Waals surface area contributed by atoms with E-state index in [1.165, 1.54) is 0 Å². The van der Waals surface area contributed by atoms with Crippen LogP contribution in [0.15, 0.2) is 35.5 Å². The van der Waals surface area contributed by atoms with E-state index in [4.69, 9.17) is 0 Å². The molecular formula is C16H21N5OS. The summed E-state index contributed by atoms with van der Waals surface area (Å²) >= 11 is 1.67. The van der Waals surface area contributed by atoms with Crippen LogP contribution >= 0.6 is 11.8 Å². The third-order valence-electron chi connectivity index (χ3n) is 3.98. The molecule has 1 N–H and O–H groups in total. The predicted molar refractivity (Wildman–Crippen MR) is 91.4 cm³/mol. The van der Waals surface area contributed by atoms with Gasteiger partial charge >= 0.3 is 0 Å². The van der Waals surface area contributed by atoms with Gasteiger partial charge in [0.15, 0.2) is 5.16 Å². The second kappa shape index (κ2) is 7.14. The molecule has 1 saturated heterocycles. The highest BCUT2D eigenvalue weighted by Crippen LogP contribution is 2.29. The number of nitrogens with one attached hydrogen (secondary N) is 1. The minimum absolute atomic E-state index is 0.204. The van der Waals surface area contributed by atoms with Gasteiger partial charge in [-0.3, -0.25) is 4.79 Å². The minimum Gasteiger partial charge on any atom is -0.313 e. The Kier molecular flexibility index (Phi) is 4.97. The molecule has 1 fully saturated rings. The number of thioether (sulfide) groups is 1. The molecule has 0 aliphatic carbocycles. The molecule has 122 valence electrons. The number of carbonyl (C=O) groups is 1. The summed E-state index contributed by atoms with van der Waals surface area (Å²) in [6.07, 6.45) is 0.600. The fraction of sp³-hybridized carbons (Fsp3) is 0.438. The molecule has 2 heterocycles. The topological polar surface area (TPSA) is 63.1 Å². The summed E-state index contributed by atoms with van der Waals surface area (Å²) in [6.45, 7) is 1.48. The Balaban J connectivity index is 1.59. The number of anilines is 1. The van der Waals surface area contributed by atoms with E-state index in [1.54, 1.807) is 11.8 Å². The lowest BCUT2D eigenvalue weighted by molar-refractivity contribution is -0.117. The highest BCUT2D eigenvalue weighted by Gasteiger charge is 2.30. The molecule has 1 aromatic heterocycles. The van der Waals surface area contributed by atoms with Crippen LogP contribution in [0.2, 0.25) is 0 Å². The van der Waals surface area contributed by atoms with E-state index in [-0.39, 0.29) is 5.91 Å². The smallest absolute Gasteiger partial charge is 0.227 e. The van der Waals surface area contributed by atoms with Crippen molar-refractivity contribution >= 4 is 23.4 Å². The fourth-order valence-corrected chi connectivity index (χ4v) is 3.73. The van der Waals surface area contributed by atoms with Crippen molar-refractivity contribution in [3.05, 3.63) is 36.2 Å². The zero-order chi connectivity index (χ0) is 16.2. The van der Waals surface area contributed by atoms with Crippen molar-refractivity contribution in [2.75, 3.05) is 24.2 Å². The molecule has 0 spiro atoms. The molecule has 1 aliphatic rings. The standard InChI is InChI=1S/C16H21N5OS/c1-17-9-14-18-19-16(20(14)2)23-11-12-8-15(22)21(10-12)13-6-4-3-5-7-13/h3-7,12,17H,8-11H2,1-2H3/t12-/m0/s1. The number of para-hydroxylation sites is 1. The van der Waals surface area contributed by atoms with Crippen LogP contribution in [-0.2, 0) is 18.4 Å². The van der Waals surface area contributed by atoms with Gasteiger partial charge in [-0.05, 0) is 25.1 Å². The van der Waals surface area contributed by atoms with Crippen LogP contribution in [0.4, 0.5) is 5.69 Å². The molecule has 2 aromatic rings. The lowest BCUT2D eigenvalue weighted by Gasteiger charge is -2.16. The van der Waals surface area contributed by atoms with Gasteiger partial charge in [-0.2, -0.15) is 0 Å². The van der Waals surface area contributed by atoms with Gasteiger partial charge in [0.25, 0.3) is 0 Å². The highest BCUT2D eigenvalue weighted by atomic mass is 32.2. The Morgan fingerprint density at radius 3 is 2.83 bits per heavy atom. The van der Waals surface area contributed by atoms with Gasteiger partial charge in [0, 0.05) is 31.5 Å². The second-order valence-electron chi connectivity index (χ2n) is 5.71. The van der Waals surface area contributed by atoms with Gasteiger partial charge in [0.1, 0.15) is 5.82 Å². The van der Waals surface area contributed by atoms with Gasteiger partial charge in [-0.1, -0.05) is 30.0 Å². The maximum absolute atomic E-state index is 12.2. The van der Waals surface area contributed by atoms with Crippen LogP contribution in [0, 0.1) is 5.92 Å². The molecule has 1 atom stereocenters. The number of amides is 1. The molecular weight excluding hydrogens is 310 g/mol. The van der Waals surface area contributed by atoms with E-state index >= 15 is 0 Å². The molecule has 23 heavy (non-hydrogen) atoms. The Bertz CT molecular complexity index is 672. The quantitative estimate of drug-likeness (QED) is 0.816. The molecule has 1 amide bonds. The van der Waals surface area contributed by atoms with Gasteiger partial charge in [-0.15, -0.1) is 10.2 Å². The van der Waals surface area contributed by atoms with Crippen molar-refractivity contribution in [1.29, 1.82) is 0 Å². The molecule has 1 aliphatic heterocycles. The highest BCUT2D eigenvalue weighted by molar-refractivity contribution is 7.99. The van der Waals surface area contributed by atoms with E-state index < -0.39 is 0 Å². The van der Waals surface area contributed by atoms with Crippen molar-refractivity contribution in [3.8, 4) is 0 Å². The molecule has 3 rings (SSSR count). The lowest BCUT2D eigenvalue weighted by atomic mass is 10.1. The van der Waals surface area contributed by atoms with Gasteiger partial charge in [0.05, 0.1) is 6.54 Å². The first-order valence-corrected chi connectivity index (χ1v) is 8.68. The summed E-state index contributed by atoms with van der Waals surface area (Å²) in [6, 6.07) is 9.87. The maximum atomic E-state index is 12.2. The van der Waals surface area contributed by atoms with Gasteiger partial charge in [-0.25, -0.2) is 0 Å². The van der Waals surface area contributed by atoms with Gasteiger partial charge in [0.2, 0.25) is 5.91 Å². The number of nitrogens with zero attached hydrogens (tertiary/aromatic N) is 4. The molecule has 0 unspecified atom stereocenters. The zero-order valence-corrected chi connectivity index (χ0v) is 14.2. The molecule has 0 radical (unpaired) electrons. The second-order valence-corrected chi connectivity index (χ2v) is 6.70. The van der Waals surface area contributed by atoms with Gasteiger partial charge < -0.3 is 14.8 Å². The van der Waals surface area contributed by atoms with E-state index in [0.717, 1.165) is 29.0 Å². The van der Waals surface area contributed by atoms with Crippen LogP contribution < -0.4 is 10.2 Å². The molecule has 1 aromatic carbocycles. The Labute approximate surface area is 140 Å². The molecule has 7 heteroatoms. The van der Waals surface area contributed by atoms with Crippen molar-refractivity contribution < 1.29 is 4.79 Å². The summed E-state index contributed by atoms with van der Waals surface area (Å²) in [7, 11) is 3.87. The monoisotopic (exact) mass is 331 g/mol. The third kappa shape index (κ3) is 3.56. The average molecular weight is 331 g/mol. The normalized spacial score (nSPS) is 17.9. The van der Waals surface area contributed by atoms with Crippen molar-refractivity contribution in [2.45, 2.75) is 18.1 Å². The summed E-state index contributed by atoms with van der Waals surface area (Å²) in [4.78, 5) is 14.1. The largest absolute Gasteiger partial charge is 0.313 e. The fourth-order valence-electron chi connectivity index (χ4n) is 2.73. The van der Waals surface area contributed by atoms with E-state index in [0.29, 0.717) is 18.9 Å².